The highest BCUT2D eigenvalue weighted by Crippen LogP contribution is 2.38. The molecule has 8 rings (SSSR count). The van der Waals surface area contributed by atoms with Crippen molar-refractivity contribution in [1.82, 2.24) is 49.1 Å². The zero-order valence-corrected chi connectivity index (χ0v) is 43.0. The van der Waals surface area contributed by atoms with E-state index in [0.717, 1.165) is 64.1 Å². The molecule has 2 aromatic carbocycles. The fraction of sp³-hybridized carbons (Fsp3) is 0.292. The molecular formula is C48H49Br2F3N12O6. The number of aliphatic hydroxyl groups excluding tert-OH is 1. The van der Waals surface area contributed by atoms with E-state index >= 15 is 0 Å². The molecular weight excluding hydrogens is 1060 g/mol. The van der Waals surface area contributed by atoms with E-state index in [9.17, 15) is 38.5 Å². The third kappa shape index (κ3) is 12.8. The predicted molar refractivity (Wildman–Crippen MR) is 265 cm³/mol. The summed E-state index contributed by atoms with van der Waals surface area (Å²) in [5.74, 6) is -2.94. The van der Waals surface area contributed by atoms with Gasteiger partial charge in [0, 0.05) is 104 Å². The molecule has 372 valence electrons. The molecule has 6 heterocycles. The van der Waals surface area contributed by atoms with Crippen molar-refractivity contribution in [3.8, 4) is 28.3 Å². The van der Waals surface area contributed by atoms with Gasteiger partial charge in [-0.05, 0) is 146 Å². The number of ether oxygens (including phenoxy) is 1. The zero-order chi connectivity index (χ0) is 51.8. The highest BCUT2D eigenvalue weighted by atomic mass is 79.9. The molecule has 6 aromatic heterocycles. The van der Waals surface area contributed by atoms with Crippen LogP contribution >= 0.6 is 31.9 Å². The number of benzene rings is 2. The smallest absolute Gasteiger partial charge is 0.406 e. The normalized spacial score (nSPS) is 11.9. The molecule has 71 heavy (non-hydrogen) atoms. The van der Waals surface area contributed by atoms with Crippen molar-refractivity contribution in [1.29, 1.82) is 0 Å². The Balaban J connectivity index is 0.000000198. The van der Waals surface area contributed by atoms with E-state index in [-0.39, 0.29) is 11.6 Å². The lowest BCUT2D eigenvalue weighted by atomic mass is 9.95. The van der Waals surface area contributed by atoms with Crippen LogP contribution in [0.25, 0.3) is 22.5 Å². The van der Waals surface area contributed by atoms with E-state index in [1.54, 1.807) is 30.7 Å². The van der Waals surface area contributed by atoms with Crippen LogP contribution < -0.4 is 4.74 Å². The number of nitro groups is 2. The van der Waals surface area contributed by atoms with E-state index in [4.69, 9.17) is 9.84 Å². The maximum atomic E-state index is 14.4. The van der Waals surface area contributed by atoms with Gasteiger partial charge in [0.15, 0.2) is 12.4 Å². The summed E-state index contributed by atoms with van der Waals surface area (Å²) < 4.78 is 54.8. The van der Waals surface area contributed by atoms with Gasteiger partial charge in [-0.15, -0.1) is 0 Å². The van der Waals surface area contributed by atoms with Crippen molar-refractivity contribution in [3.63, 3.8) is 0 Å². The van der Waals surface area contributed by atoms with Crippen molar-refractivity contribution < 1.29 is 32.9 Å². The van der Waals surface area contributed by atoms with Crippen LogP contribution in [-0.2, 0) is 40.0 Å². The van der Waals surface area contributed by atoms with Gasteiger partial charge in [-0.25, -0.2) is 8.78 Å². The van der Waals surface area contributed by atoms with Crippen molar-refractivity contribution in [2.24, 2.45) is 14.1 Å². The Morgan fingerprint density at radius 1 is 0.690 bits per heavy atom. The summed E-state index contributed by atoms with van der Waals surface area (Å²) in [7, 11) is 3.75. The minimum atomic E-state index is -0.940. The second-order valence-corrected chi connectivity index (χ2v) is 18.0. The Labute approximate surface area is 422 Å². The first-order chi connectivity index (χ1) is 33.7. The van der Waals surface area contributed by atoms with Gasteiger partial charge < -0.3 is 30.1 Å². The maximum absolute atomic E-state index is 14.4. The van der Waals surface area contributed by atoms with Gasteiger partial charge >= 0.3 is 11.6 Å². The molecule has 0 saturated heterocycles. The van der Waals surface area contributed by atoms with Crippen molar-refractivity contribution >= 4 is 43.5 Å². The molecule has 0 aliphatic heterocycles. The van der Waals surface area contributed by atoms with Crippen LogP contribution in [0.1, 0.15) is 84.7 Å². The van der Waals surface area contributed by atoms with Crippen LogP contribution in [0, 0.1) is 51.5 Å². The second-order valence-electron chi connectivity index (χ2n) is 16.2. The number of rotatable bonds is 14. The number of aryl methyl sites for hydroxylation is 4. The average molecular weight is 1110 g/mol. The van der Waals surface area contributed by atoms with Gasteiger partial charge in [-0.3, -0.25) is 18.7 Å². The Morgan fingerprint density at radius 2 is 1.14 bits per heavy atom. The first kappa shape index (κ1) is 53.2. The summed E-state index contributed by atoms with van der Waals surface area (Å²) >= 11 is 6.19. The number of hydrogen-bond donors (Lipinski definition) is 1. The molecule has 0 saturated carbocycles. The summed E-state index contributed by atoms with van der Waals surface area (Å²) in [6.07, 6.45) is 9.99. The van der Waals surface area contributed by atoms with Gasteiger partial charge in [-0.1, -0.05) is 0 Å². The van der Waals surface area contributed by atoms with Crippen LogP contribution in [0.2, 0.25) is 0 Å². The van der Waals surface area contributed by atoms with Gasteiger partial charge in [-0.2, -0.15) is 24.8 Å². The lowest BCUT2D eigenvalue weighted by Gasteiger charge is -2.18. The van der Waals surface area contributed by atoms with Gasteiger partial charge in [0.1, 0.15) is 17.7 Å². The van der Waals surface area contributed by atoms with Crippen LogP contribution in [0.5, 0.6) is 5.75 Å². The van der Waals surface area contributed by atoms with Crippen molar-refractivity contribution in [3.05, 3.63) is 177 Å². The summed E-state index contributed by atoms with van der Waals surface area (Å²) in [4.78, 5) is 27.1. The molecule has 0 amide bonds. The molecule has 1 N–H and O–H groups in total. The maximum Gasteiger partial charge on any atom is 0.406 e. The van der Waals surface area contributed by atoms with E-state index in [1.165, 1.54) is 42.7 Å². The number of nitrogens with zero attached hydrogens (tertiary/aromatic N) is 12. The molecule has 23 heteroatoms. The third-order valence-electron chi connectivity index (χ3n) is 11.4. The van der Waals surface area contributed by atoms with Gasteiger partial charge in [0.2, 0.25) is 11.6 Å². The summed E-state index contributed by atoms with van der Waals surface area (Å²) in [5, 5.41) is 49.6. The minimum absolute atomic E-state index is 0.0171. The summed E-state index contributed by atoms with van der Waals surface area (Å²) in [6, 6.07) is 11.4. The quantitative estimate of drug-likeness (QED) is 0.0796. The predicted octanol–water partition coefficient (Wildman–Crippen LogP) is 10.8. The molecule has 0 fully saturated rings. The van der Waals surface area contributed by atoms with Gasteiger partial charge in [0.05, 0.1) is 38.8 Å². The van der Waals surface area contributed by atoms with Crippen LogP contribution in [0.15, 0.2) is 94.7 Å². The minimum Gasteiger partial charge on any atom is -0.478 e. The standard InChI is InChI=1S/C24H24BrFN6O3.C19H23FN4O.C5H2BrFN2O2/c1-5-31-13-16(11-28-31)8-20-14(2)30(4)29-23(20)19-7-6-18(26)10-21(19)15(3)35-22-9-17(25)12-27-24(22)32(33)34;1-5-24-11-14(10-21-24)8-17-12(2)23(4)22-19(17)16-7-6-15(20)9-18(16)13(3)25;6-3-1-4(7)5(8-2-3)9(10)11/h6-7,9-13,15H,5,8H2,1-4H3;6-7,9-11,13,25H,5,8H2,1-4H3;1-2H/t15-;13-;/m11./s1. The highest BCUT2D eigenvalue weighted by molar-refractivity contribution is 9.10. The van der Waals surface area contributed by atoms with E-state index < -0.39 is 45.3 Å². The van der Waals surface area contributed by atoms with Crippen LogP contribution in [0.3, 0.4) is 0 Å². The Morgan fingerprint density at radius 3 is 1.58 bits per heavy atom. The number of halogens is 5. The number of pyridine rings is 2. The molecule has 0 aliphatic carbocycles. The summed E-state index contributed by atoms with van der Waals surface area (Å²) in [5.41, 5.74) is 10.2. The fourth-order valence-corrected chi connectivity index (χ4v) is 8.14. The molecule has 0 unspecified atom stereocenters. The molecule has 0 spiro atoms. The van der Waals surface area contributed by atoms with Crippen molar-refractivity contribution in [2.75, 3.05) is 0 Å². The van der Waals surface area contributed by atoms with E-state index in [0.29, 0.717) is 44.2 Å². The Kier molecular flexibility index (Phi) is 17.4. The third-order valence-corrected chi connectivity index (χ3v) is 12.2. The van der Waals surface area contributed by atoms with E-state index in [2.05, 4.69) is 57.1 Å². The largest absolute Gasteiger partial charge is 0.478 e. The molecule has 2 atom stereocenters. The first-order valence-electron chi connectivity index (χ1n) is 22.0. The fourth-order valence-electron chi connectivity index (χ4n) is 7.52. The number of hydrogen-bond acceptors (Lipinski definition) is 12. The monoisotopic (exact) mass is 1100 g/mol. The van der Waals surface area contributed by atoms with Crippen molar-refractivity contribution in [2.45, 2.75) is 79.7 Å². The van der Waals surface area contributed by atoms with Gasteiger partial charge in [0.25, 0.3) is 0 Å². The number of aliphatic hydroxyl groups is 1. The van der Waals surface area contributed by atoms with Crippen LogP contribution in [0.4, 0.5) is 24.8 Å². The topological polar surface area (TPSA) is 213 Å². The molecule has 8 aromatic rings. The highest BCUT2D eigenvalue weighted by Gasteiger charge is 2.26. The van der Waals surface area contributed by atoms with Crippen LogP contribution in [-0.4, -0.2) is 64.0 Å². The zero-order valence-electron chi connectivity index (χ0n) is 39.8. The van der Waals surface area contributed by atoms with E-state index in [1.807, 2.05) is 80.6 Å². The lowest BCUT2D eigenvalue weighted by molar-refractivity contribution is -0.392. The first-order valence-corrected chi connectivity index (χ1v) is 23.5. The SMILES string of the molecule is CCn1cc(Cc2c(-c3ccc(F)cc3[C@@H](C)O)nn(C)c2C)cn1.CCn1cc(Cc2c(-c3ccc(F)cc3[C@@H](C)Oc3cc(Br)cnc3[N+](=O)[O-])nn(C)c2C)cn1.O=[N+]([O-])c1ncc(Br)cc1F. The summed E-state index contributed by atoms with van der Waals surface area (Å²) in [6.45, 7) is 13.0. The molecule has 0 bridgehead atoms. The second kappa shape index (κ2) is 23.2. The Bertz CT molecular complexity index is 3210. The Hall–Kier alpha value is -7.11. The molecule has 0 aliphatic rings. The lowest BCUT2D eigenvalue weighted by Crippen LogP contribution is -2.08. The molecule has 18 nitrogen and oxygen atoms in total. The number of aromatic nitrogens is 10. The molecule has 0 radical (unpaired) electrons. The average Bonchev–Trinajstić information content (AvgIpc) is 4.11.